The Kier molecular flexibility index (Phi) is 31.4. The summed E-state index contributed by atoms with van der Waals surface area (Å²) in [6.07, 6.45) is 8.62. The van der Waals surface area contributed by atoms with Gasteiger partial charge >= 0.3 is 0 Å². The molecule has 3 aromatic carbocycles. The largest absolute Gasteiger partial charge is 0.506 e. The van der Waals surface area contributed by atoms with Crippen molar-refractivity contribution in [2.24, 2.45) is 0 Å². The van der Waals surface area contributed by atoms with E-state index in [1.54, 1.807) is 71.4 Å². The summed E-state index contributed by atoms with van der Waals surface area (Å²) in [6, 6.07) is 15.1. The molecule has 3 aliphatic heterocycles. The van der Waals surface area contributed by atoms with Crippen LogP contribution >= 0.6 is 151 Å². The molecule has 138 heavy (non-hydrogen) atoms. The zero-order valence-corrected chi connectivity index (χ0v) is 85.2. The van der Waals surface area contributed by atoms with Gasteiger partial charge in [0.15, 0.2) is 11.6 Å². The molecule has 0 bridgehead atoms. The number of aryl methyl sites for hydroxylation is 3. The highest BCUT2D eigenvalue weighted by molar-refractivity contribution is 6.54. The summed E-state index contributed by atoms with van der Waals surface area (Å²) < 4.78 is 35.2. The molecule has 0 radical (unpaired) electrons. The number of amides is 3. The third-order valence-corrected chi connectivity index (χ3v) is 29.2. The Bertz CT molecular complexity index is 6780. The molecular formula is C96H81Cl13F2N18O9. The number of hydrogen-bond donors (Lipinski definition) is 3. The predicted molar refractivity (Wildman–Crippen MR) is 543 cm³/mol. The van der Waals surface area contributed by atoms with Crippen LogP contribution in [-0.2, 0) is 14.4 Å². The first-order chi connectivity index (χ1) is 65.2. The van der Waals surface area contributed by atoms with Gasteiger partial charge in [0.05, 0.1) is 135 Å². The Balaban J connectivity index is 0.000000175. The number of aromatic hydroxyl groups is 3. The number of carbonyl (C=O) groups excluding carboxylic acids is 3. The van der Waals surface area contributed by atoms with Crippen molar-refractivity contribution in [1.29, 1.82) is 15.8 Å². The molecule has 3 aliphatic rings. The van der Waals surface area contributed by atoms with E-state index in [1.807, 2.05) is 83.9 Å². The number of halogens is 15. The molecule has 3 amide bonds. The average molecular weight is 2130 g/mol. The topological polar surface area (TPSA) is 346 Å². The first-order valence-corrected chi connectivity index (χ1v) is 47.3. The number of aromatic nitrogens is 9. The Labute approximate surface area is 854 Å². The number of piperazine rings is 3. The first-order valence-electron chi connectivity index (χ1n) is 42.4. The summed E-state index contributed by atoms with van der Waals surface area (Å²) in [6.45, 7) is 35.9. The van der Waals surface area contributed by atoms with E-state index in [0.717, 1.165) is 0 Å². The molecule has 3 fully saturated rings. The quantitative estimate of drug-likeness (QED) is 0.0487. The number of fused-ring (bicyclic) bond motifs is 3. The molecule has 0 spiro atoms. The van der Waals surface area contributed by atoms with Crippen LogP contribution in [0.4, 0.5) is 25.8 Å². The molecule has 15 rings (SSSR count). The Morgan fingerprint density at radius 3 is 0.891 bits per heavy atom. The number of rotatable bonds is 15. The number of phenols is 3. The second-order valence-corrected chi connectivity index (χ2v) is 38.6. The Morgan fingerprint density at radius 2 is 0.645 bits per heavy atom. The van der Waals surface area contributed by atoms with Crippen molar-refractivity contribution in [3.05, 3.63) is 251 Å². The molecule has 3 atom stereocenters. The molecule has 0 unspecified atom stereocenters. The van der Waals surface area contributed by atoms with Gasteiger partial charge in [0.25, 0.3) is 16.7 Å². The molecule has 3 saturated heterocycles. The fourth-order valence-electron chi connectivity index (χ4n) is 17.4. The van der Waals surface area contributed by atoms with E-state index in [2.05, 4.69) is 52.9 Å². The minimum Gasteiger partial charge on any atom is -0.506 e. The lowest BCUT2D eigenvalue weighted by atomic mass is 10.0. The third kappa shape index (κ3) is 18.4. The molecule has 12 heterocycles. The highest BCUT2D eigenvalue weighted by Gasteiger charge is 2.40. The van der Waals surface area contributed by atoms with Crippen LogP contribution in [-0.4, -0.2) is 168 Å². The van der Waals surface area contributed by atoms with Crippen LogP contribution in [0.25, 0.3) is 83.9 Å². The summed E-state index contributed by atoms with van der Waals surface area (Å²) in [7, 11) is 0. The van der Waals surface area contributed by atoms with E-state index in [9.17, 15) is 59.9 Å². The summed E-state index contributed by atoms with van der Waals surface area (Å²) >= 11 is 82.5. The monoisotopic (exact) mass is 2120 g/mol. The van der Waals surface area contributed by atoms with Gasteiger partial charge in [-0.2, -0.15) is 15.8 Å². The van der Waals surface area contributed by atoms with Crippen LogP contribution < -0.4 is 31.4 Å². The van der Waals surface area contributed by atoms with Gasteiger partial charge in [0, 0.05) is 112 Å². The minimum absolute atomic E-state index is 0.00893. The number of nitrogens with zero attached hydrogens (tertiary/aromatic N) is 18. The fraction of sp³-hybridized carbons (Fsp3) is 0.281. The third-order valence-electron chi connectivity index (χ3n) is 24.0. The van der Waals surface area contributed by atoms with E-state index in [-0.39, 0.29) is 183 Å². The zero-order chi connectivity index (χ0) is 101. The summed E-state index contributed by atoms with van der Waals surface area (Å²) in [5.41, 5.74) is 1.70. The predicted octanol–water partition coefficient (Wildman–Crippen LogP) is 22.8. The Morgan fingerprint density at radius 1 is 0.399 bits per heavy atom. The average Bonchev–Trinajstić information content (AvgIpc) is 0.726. The van der Waals surface area contributed by atoms with Crippen LogP contribution in [0.15, 0.2) is 107 Å². The molecule has 0 saturated carbocycles. The van der Waals surface area contributed by atoms with Gasteiger partial charge < -0.3 is 44.7 Å². The minimum atomic E-state index is -1.12. The SMILES string of the molecule is C=CC(=O)N1CCN(c2c(C#N)c(=O)n(-c3c(C)ccnc3C(C)C)c3nc(-c4c(O)c(Cl)c(Cl)c(Cl)c4Cl)c(Cl)cc23)C[C@H]1C.C=CC(=O)N1CCN(c2c(C#N)c(=O)n(-c3c(C)ccnc3C(C)C)c3nc(-c4c(O)c(Cl)c(Cl)c(Cl)c4F)c(Cl)cc23)C[C@H]1C.C=CC(=O)N1CCN(c2c(C#N)c(=O)n(-c3c(C)ccnc3C(C)C)c3nc(-c4c(O)c(Cl)c(Cl)c(Cl)c4F)c(Cl)cc23)C[C@H]1C. The maximum Gasteiger partial charge on any atom is 0.276 e. The molecule has 3 N–H and O–H groups in total. The number of anilines is 3. The van der Waals surface area contributed by atoms with E-state index in [4.69, 9.17) is 166 Å². The first kappa shape index (κ1) is 104. The maximum absolute atomic E-state index is 15.7. The lowest BCUT2D eigenvalue weighted by Crippen LogP contribution is -2.54. The van der Waals surface area contributed by atoms with Crippen LogP contribution in [0, 0.1) is 66.4 Å². The smallest absolute Gasteiger partial charge is 0.276 e. The van der Waals surface area contributed by atoms with Gasteiger partial charge in [-0.25, -0.2) is 23.7 Å². The highest BCUT2D eigenvalue weighted by Crippen LogP contribution is 2.54. The van der Waals surface area contributed by atoms with Crippen LogP contribution in [0.2, 0.25) is 65.3 Å². The number of nitriles is 3. The van der Waals surface area contributed by atoms with Crippen molar-refractivity contribution >= 4 is 219 Å². The molecule has 12 aromatic rings. The number of benzene rings is 3. The van der Waals surface area contributed by atoms with Gasteiger partial charge in [-0.15, -0.1) is 0 Å². The molecule has 27 nitrogen and oxygen atoms in total. The van der Waals surface area contributed by atoms with Crippen LogP contribution in [0.3, 0.4) is 0 Å². The van der Waals surface area contributed by atoms with Crippen molar-refractivity contribution in [2.45, 2.75) is 119 Å². The van der Waals surface area contributed by atoms with Gasteiger partial charge in [0.1, 0.15) is 84.2 Å². The summed E-state index contributed by atoms with van der Waals surface area (Å²) in [4.78, 5) is 119. The summed E-state index contributed by atoms with van der Waals surface area (Å²) in [5, 5.41) is 61.6. The maximum atomic E-state index is 15.7. The fourth-order valence-corrected chi connectivity index (χ4v) is 20.3. The van der Waals surface area contributed by atoms with Crippen LogP contribution in [0.5, 0.6) is 17.2 Å². The Hall–Kier alpha value is -11.3. The van der Waals surface area contributed by atoms with Gasteiger partial charge in [-0.1, -0.05) is 212 Å². The second-order valence-electron chi connectivity index (χ2n) is 33.6. The van der Waals surface area contributed by atoms with Gasteiger partial charge in [-0.05, 0) is 131 Å². The number of pyridine rings is 9. The van der Waals surface area contributed by atoms with Gasteiger partial charge in [-0.3, -0.25) is 57.4 Å². The van der Waals surface area contributed by atoms with Gasteiger partial charge in [0.2, 0.25) is 17.7 Å². The molecule has 9 aromatic heterocycles. The zero-order valence-electron chi connectivity index (χ0n) is 75.4. The molecule has 42 heteroatoms. The molecule has 0 aliphatic carbocycles. The number of carbonyl (C=O) groups is 3. The normalized spacial score (nSPS) is 15.0. The van der Waals surface area contributed by atoms with E-state index in [1.165, 1.54) is 44.1 Å². The number of phenolic OH excluding ortho intramolecular Hbond substituents is 3. The van der Waals surface area contributed by atoms with E-state index < -0.39 is 86.8 Å². The summed E-state index contributed by atoms with van der Waals surface area (Å²) in [5.74, 6) is -5.36. The van der Waals surface area contributed by atoms with Crippen molar-refractivity contribution in [3.63, 3.8) is 0 Å². The standard InChI is InChI=1S/C32H27Cl5N6O3.2C32H27Cl4FN6O3/c1-6-20(44)42-10-9-41(13-16(42)5)29-17-11-19(33)27(21-22(34)23(35)24(36)25(37)30(21)45)40-31(17)43(32(46)18(29)12-38)28-15(4)7-8-39-26(28)14(2)3;2*1-6-20(44)42-10-9-41(13-16(42)5)29-17-11-19(33)27(21-25(37)23(35)22(34)24(36)30(21)45)40-31(17)43(32(46)18(29)12-38)28-15(4)7-8-39-26(28)14(2)3/h3*6-8,11,14,16,45H,1,9-10,13H2,2-5H3/t3*16-/m111/s1. The lowest BCUT2D eigenvalue weighted by Gasteiger charge is -2.41. The molecular weight excluding hydrogens is 2050 g/mol. The van der Waals surface area contributed by atoms with Crippen molar-refractivity contribution in [3.8, 4) is 86.3 Å². The van der Waals surface area contributed by atoms with Crippen LogP contribution in [0.1, 0.15) is 131 Å². The van der Waals surface area contributed by atoms with Crippen molar-refractivity contribution < 1.29 is 38.5 Å². The van der Waals surface area contributed by atoms with E-state index >= 15 is 8.78 Å². The van der Waals surface area contributed by atoms with Crippen molar-refractivity contribution in [2.75, 3.05) is 73.6 Å². The highest BCUT2D eigenvalue weighted by atomic mass is 35.5. The molecule has 714 valence electrons. The van der Waals surface area contributed by atoms with E-state index in [0.29, 0.717) is 105 Å². The van der Waals surface area contributed by atoms with Crippen molar-refractivity contribution in [1.82, 2.24) is 58.3 Å². The number of hydrogen-bond acceptors (Lipinski definition) is 21. The second kappa shape index (κ2) is 41.6. The lowest BCUT2D eigenvalue weighted by molar-refractivity contribution is -0.129.